The molecule has 4 fully saturated rings. The molecule has 4 saturated carbocycles. The average Bonchev–Trinajstić information content (AvgIpc) is 3.22. The van der Waals surface area contributed by atoms with Gasteiger partial charge in [0.15, 0.2) is 0 Å². The van der Waals surface area contributed by atoms with Crippen LogP contribution in [-0.2, 0) is 16.2 Å². The molecule has 1 spiro atoms. The van der Waals surface area contributed by atoms with Gasteiger partial charge in [0.25, 0.3) is 0 Å². The van der Waals surface area contributed by atoms with E-state index in [0.29, 0.717) is 11.8 Å². The highest BCUT2D eigenvalue weighted by atomic mass is 16.5. The van der Waals surface area contributed by atoms with Crippen LogP contribution in [-0.4, -0.2) is 0 Å². The summed E-state index contributed by atoms with van der Waals surface area (Å²) in [6.45, 7) is 9.71. The molecular weight excluding hydrogens is 679 g/mol. The van der Waals surface area contributed by atoms with Gasteiger partial charge in [0, 0.05) is 45.2 Å². The number of para-hydroxylation sites is 1. The standard InChI is InChI=1S/C54H53NO/c1-52(2)26-27-53(3,4)49-33-43(22-24-46(49)52)55(42-20-18-38(19-21-42)37-12-7-5-8-13-37)44-23-25-47-50(34-44)56-51-45(39-14-9-6-10-15-39)16-11-17-48(51)54(47)40-29-35-28-36(31-40)32-41(54)30-35/h5-25,33-36,40-41H,26-32H2,1-4H3. The van der Waals surface area contributed by atoms with Gasteiger partial charge in [-0.3, -0.25) is 0 Å². The predicted octanol–water partition coefficient (Wildman–Crippen LogP) is 14.7. The molecule has 6 aliphatic rings. The molecule has 0 radical (unpaired) electrons. The number of benzene rings is 6. The first kappa shape index (κ1) is 34.2. The van der Waals surface area contributed by atoms with Crippen LogP contribution in [0, 0.1) is 23.7 Å². The van der Waals surface area contributed by atoms with E-state index in [0.717, 1.165) is 34.7 Å². The van der Waals surface area contributed by atoms with Gasteiger partial charge in [-0.1, -0.05) is 131 Å². The lowest BCUT2D eigenvalue weighted by Gasteiger charge is -2.63. The van der Waals surface area contributed by atoms with Crippen LogP contribution < -0.4 is 9.64 Å². The maximum absolute atomic E-state index is 7.36. The molecule has 1 heterocycles. The molecular formula is C54H53NO. The van der Waals surface area contributed by atoms with Crippen LogP contribution in [0.4, 0.5) is 17.1 Å². The average molecular weight is 732 g/mol. The van der Waals surface area contributed by atoms with Gasteiger partial charge in [-0.25, -0.2) is 0 Å². The third-order valence-corrected chi connectivity index (χ3v) is 15.2. The second kappa shape index (κ2) is 12.5. The molecule has 6 aromatic rings. The van der Waals surface area contributed by atoms with Gasteiger partial charge in [-0.15, -0.1) is 0 Å². The summed E-state index contributed by atoms with van der Waals surface area (Å²) in [5, 5.41) is 0. The normalized spacial score (nSPS) is 25.9. The summed E-state index contributed by atoms with van der Waals surface area (Å²) in [7, 11) is 0. The quantitative estimate of drug-likeness (QED) is 0.175. The molecule has 5 aliphatic carbocycles. The van der Waals surface area contributed by atoms with Crippen molar-refractivity contribution in [2.75, 3.05) is 4.90 Å². The summed E-state index contributed by atoms with van der Waals surface area (Å²) in [4.78, 5) is 2.48. The van der Waals surface area contributed by atoms with Crippen LogP contribution in [0.2, 0.25) is 0 Å². The Morgan fingerprint density at radius 3 is 1.68 bits per heavy atom. The summed E-state index contributed by atoms with van der Waals surface area (Å²) in [6.07, 6.45) is 9.18. The molecule has 0 N–H and O–H groups in total. The van der Waals surface area contributed by atoms with Gasteiger partial charge in [-0.05, 0) is 138 Å². The minimum Gasteiger partial charge on any atom is -0.456 e. The molecule has 2 nitrogen and oxygen atoms in total. The number of rotatable bonds is 5. The lowest BCUT2D eigenvalue weighted by Crippen LogP contribution is -2.57. The lowest BCUT2D eigenvalue weighted by atomic mass is 9.41. The Kier molecular flexibility index (Phi) is 7.61. The number of hydrogen-bond acceptors (Lipinski definition) is 2. The van der Waals surface area contributed by atoms with E-state index in [4.69, 9.17) is 4.74 Å². The molecule has 280 valence electrons. The topological polar surface area (TPSA) is 12.5 Å². The zero-order valence-corrected chi connectivity index (χ0v) is 33.4. The van der Waals surface area contributed by atoms with E-state index in [2.05, 4.69) is 172 Å². The summed E-state index contributed by atoms with van der Waals surface area (Å²) in [6, 6.07) is 52.4. The zero-order valence-electron chi connectivity index (χ0n) is 33.4. The monoisotopic (exact) mass is 731 g/mol. The highest BCUT2D eigenvalue weighted by Gasteiger charge is 2.61. The number of anilines is 3. The fraction of sp³-hybridized carbons (Fsp3) is 0.333. The molecule has 1 aliphatic heterocycles. The van der Waals surface area contributed by atoms with Crippen LogP contribution in [0.3, 0.4) is 0 Å². The Morgan fingerprint density at radius 2 is 1.02 bits per heavy atom. The SMILES string of the molecule is CC1(C)CCC(C)(C)c2cc(N(c3ccc(-c4ccccc4)cc3)c3ccc4c(c3)Oc3c(-c5ccccc5)cccc3C43C4CC5CC(C4)CC3C5)ccc21. The summed E-state index contributed by atoms with van der Waals surface area (Å²) < 4.78 is 7.36. The molecule has 56 heavy (non-hydrogen) atoms. The van der Waals surface area contributed by atoms with Crippen molar-refractivity contribution in [1.82, 2.24) is 0 Å². The van der Waals surface area contributed by atoms with Crippen LogP contribution in [0.25, 0.3) is 22.3 Å². The smallest absolute Gasteiger partial charge is 0.139 e. The summed E-state index contributed by atoms with van der Waals surface area (Å²) in [5.41, 5.74) is 14.4. The molecule has 0 unspecified atom stereocenters. The Hall–Kier alpha value is -5.08. The molecule has 4 bridgehead atoms. The van der Waals surface area contributed by atoms with E-state index in [1.165, 1.54) is 95.1 Å². The van der Waals surface area contributed by atoms with Crippen LogP contribution in [0.1, 0.15) is 94.9 Å². The van der Waals surface area contributed by atoms with Crippen LogP contribution in [0.15, 0.2) is 140 Å². The number of nitrogens with zero attached hydrogens (tertiary/aromatic N) is 1. The predicted molar refractivity (Wildman–Crippen MR) is 232 cm³/mol. The maximum Gasteiger partial charge on any atom is 0.139 e. The third-order valence-electron chi connectivity index (χ3n) is 15.2. The zero-order chi connectivity index (χ0) is 37.8. The van der Waals surface area contributed by atoms with Gasteiger partial charge in [0.05, 0.1) is 0 Å². The van der Waals surface area contributed by atoms with Crippen LogP contribution in [0.5, 0.6) is 11.5 Å². The summed E-state index contributed by atoms with van der Waals surface area (Å²) >= 11 is 0. The first-order valence-electron chi connectivity index (χ1n) is 21.3. The van der Waals surface area contributed by atoms with Crippen molar-refractivity contribution in [2.24, 2.45) is 23.7 Å². The first-order chi connectivity index (χ1) is 27.2. The fourth-order valence-corrected chi connectivity index (χ4v) is 12.6. The molecule has 0 saturated heterocycles. The van der Waals surface area contributed by atoms with Crippen molar-refractivity contribution < 1.29 is 4.74 Å². The molecule has 12 rings (SSSR count). The highest BCUT2D eigenvalue weighted by Crippen LogP contribution is 2.69. The van der Waals surface area contributed by atoms with Crippen LogP contribution >= 0.6 is 0 Å². The van der Waals surface area contributed by atoms with Crippen molar-refractivity contribution in [3.05, 3.63) is 162 Å². The second-order valence-electron chi connectivity index (χ2n) is 19.3. The number of fused-ring (bicyclic) bond motifs is 3. The van der Waals surface area contributed by atoms with Gasteiger partial charge in [-0.2, -0.15) is 0 Å². The van der Waals surface area contributed by atoms with E-state index < -0.39 is 0 Å². The van der Waals surface area contributed by atoms with Gasteiger partial charge >= 0.3 is 0 Å². The summed E-state index contributed by atoms with van der Waals surface area (Å²) in [5.74, 6) is 5.15. The molecule has 0 aromatic heterocycles. The first-order valence-corrected chi connectivity index (χ1v) is 21.3. The fourth-order valence-electron chi connectivity index (χ4n) is 12.6. The number of ether oxygens (including phenoxy) is 1. The Labute approximate surface area is 333 Å². The van der Waals surface area contributed by atoms with Crippen molar-refractivity contribution in [3.8, 4) is 33.8 Å². The van der Waals surface area contributed by atoms with Crippen molar-refractivity contribution >= 4 is 17.1 Å². The second-order valence-corrected chi connectivity index (χ2v) is 19.3. The Morgan fingerprint density at radius 1 is 0.464 bits per heavy atom. The molecule has 0 atom stereocenters. The highest BCUT2D eigenvalue weighted by molar-refractivity contribution is 5.82. The molecule has 0 amide bonds. The molecule has 6 aromatic carbocycles. The minimum absolute atomic E-state index is 0.0246. The van der Waals surface area contributed by atoms with Crippen molar-refractivity contribution in [1.29, 1.82) is 0 Å². The van der Waals surface area contributed by atoms with Gasteiger partial charge in [0.1, 0.15) is 11.5 Å². The minimum atomic E-state index is -0.0246. The van der Waals surface area contributed by atoms with E-state index in [9.17, 15) is 0 Å². The molecule has 2 heteroatoms. The Bertz CT molecular complexity index is 2430. The van der Waals surface area contributed by atoms with E-state index in [1.807, 2.05) is 0 Å². The van der Waals surface area contributed by atoms with Gasteiger partial charge < -0.3 is 9.64 Å². The lowest BCUT2D eigenvalue weighted by molar-refractivity contribution is -0.0451. The Balaban J connectivity index is 1.10. The van der Waals surface area contributed by atoms with Crippen molar-refractivity contribution in [3.63, 3.8) is 0 Å². The largest absolute Gasteiger partial charge is 0.456 e. The number of hydrogen-bond donors (Lipinski definition) is 0. The van der Waals surface area contributed by atoms with E-state index in [1.54, 1.807) is 0 Å². The van der Waals surface area contributed by atoms with E-state index >= 15 is 0 Å². The third kappa shape index (κ3) is 5.13. The van der Waals surface area contributed by atoms with Crippen molar-refractivity contribution in [2.45, 2.75) is 88.9 Å². The van der Waals surface area contributed by atoms with Gasteiger partial charge in [0.2, 0.25) is 0 Å². The van der Waals surface area contributed by atoms with E-state index in [-0.39, 0.29) is 16.2 Å². The maximum atomic E-state index is 7.36.